The molecule has 33 heavy (non-hydrogen) atoms. The monoisotopic (exact) mass is 452 g/mol. The van der Waals surface area contributed by atoms with Crippen LogP contribution in [0.15, 0.2) is 61.2 Å². The van der Waals surface area contributed by atoms with Gasteiger partial charge in [-0.2, -0.15) is 13.2 Å². The van der Waals surface area contributed by atoms with Crippen molar-refractivity contribution in [2.45, 2.75) is 19.1 Å². The predicted octanol–water partition coefficient (Wildman–Crippen LogP) is 5.90. The third-order valence-corrected chi connectivity index (χ3v) is 5.35. The Bertz CT molecular complexity index is 1460. The fourth-order valence-electron chi connectivity index (χ4n) is 3.71. The van der Waals surface area contributed by atoms with Crippen LogP contribution in [0.25, 0.3) is 33.3 Å². The molecule has 0 aliphatic heterocycles. The topological polar surface area (TPSA) is 79.4 Å². The van der Waals surface area contributed by atoms with E-state index in [0.717, 1.165) is 12.1 Å². The maximum absolute atomic E-state index is 14.5. The highest BCUT2D eigenvalue weighted by molar-refractivity contribution is 5.85. The van der Waals surface area contributed by atoms with Crippen LogP contribution in [0, 0.1) is 5.82 Å². The van der Waals surface area contributed by atoms with E-state index in [1.165, 1.54) is 30.9 Å². The molecular formula is C23H16F4N6. The SMILES string of the molecule is CC(Nc1ncnc2nc[nH]c12)c1cc2cccc(F)c2nc1-c1ccc(C(F)(F)F)cc1. The van der Waals surface area contributed by atoms with Gasteiger partial charge in [0.2, 0.25) is 0 Å². The second-order valence-electron chi connectivity index (χ2n) is 7.50. The molecule has 0 saturated heterocycles. The quantitative estimate of drug-likeness (QED) is 0.332. The molecule has 2 aromatic carbocycles. The van der Waals surface area contributed by atoms with E-state index in [9.17, 15) is 17.6 Å². The maximum atomic E-state index is 14.5. The van der Waals surface area contributed by atoms with Crippen molar-refractivity contribution in [2.75, 3.05) is 5.32 Å². The molecule has 0 bridgehead atoms. The Morgan fingerprint density at radius 1 is 1.00 bits per heavy atom. The lowest BCUT2D eigenvalue weighted by molar-refractivity contribution is -0.137. The van der Waals surface area contributed by atoms with E-state index in [1.54, 1.807) is 18.2 Å². The number of rotatable bonds is 4. The van der Waals surface area contributed by atoms with Crippen LogP contribution in [0.5, 0.6) is 0 Å². The van der Waals surface area contributed by atoms with E-state index >= 15 is 0 Å². The number of nitrogens with one attached hydrogen (secondary N) is 2. The molecule has 5 rings (SSSR count). The van der Waals surface area contributed by atoms with Crippen LogP contribution in [0.2, 0.25) is 0 Å². The van der Waals surface area contributed by atoms with Crippen molar-refractivity contribution in [3.05, 3.63) is 78.1 Å². The molecule has 3 aromatic heterocycles. The molecule has 1 unspecified atom stereocenters. The third-order valence-electron chi connectivity index (χ3n) is 5.35. The Balaban J connectivity index is 1.63. The van der Waals surface area contributed by atoms with Gasteiger partial charge in [-0.1, -0.05) is 24.3 Å². The van der Waals surface area contributed by atoms with Crippen LogP contribution in [0.1, 0.15) is 24.1 Å². The first-order valence-electron chi connectivity index (χ1n) is 9.98. The van der Waals surface area contributed by atoms with Crippen LogP contribution >= 0.6 is 0 Å². The third kappa shape index (κ3) is 3.84. The summed E-state index contributed by atoms with van der Waals surface area (Å²) in [6, 6.07) is 10.7. The number of benzene rings is 2. The number of pyridine rings is 1. The molecule has 10 heteroatoms. The standard InChI is InChI=1S/C23H16F4N6/c1-12(32-22-20-21(29-10-28-20)30-11-31-22)16-9-14-3-2-4-17(24)19(14)33-18(16)13-5-7-15(8-6-13)23(25,26)27/h2-12H,1H3,(H2,28,29,30,31,32). The van der Waals surface area contributed by atoms with Crippen molar-refractivity contribution >= 4 is 27.9 Å². The molecule has 1 atom stereocenters. The minimum Gasteiger partial charge on any atom is -0.362 e. The number of alkyl halides is 3. The Hall–Kier alpha value is -4.08. The lowest BCUT2D eigenvalue weighted by Gasteiger charge is -2.20. The zero-order valence-corrected chi connectivity index (χ0v) is 17.2. The second-order valence-corrected chi connectivity index (χ2v) is 7.50. The first-order chi connectivity index (χ1) is 15.8. The van der Waals surface area contributed by atoms with E-state index in [4.69, 9.17) is 0 Å². The zero-order valence-electron chi connectivity index (χ0n) is 17.2. The molecule has 3 heterocycles. The largest absolute Gasteiger partial charge is 0.416 e. The van der Waals surface area contributed by atoms with Gasteiger partial charge in [0.05, 0.1) is 23.6 Å². The first-order valence-corrected chi connectivity index (χ1v) is 9.98. The number of anilines is 1. The van der Waals surface area contributed by atoms with Crippen molar-refractivity contribution in [3.63, 3.8) is 0 Å². The van der Waals surface area contributed by atoms with Crippen LogP contribution in [0.4, 0.5) is 23.4 Å². The molecule has 0 radical (unpaired) electrons. The summed E-state index contributed by atoms with van der Waals surface area (Å²) in [5, 5.41) is 3.85. The lowest BCUT2D eigenvalue weighted by Crippen LogP contribution is -2.11. The predicted molar refractivity (Wildman–Crippen MR) is 116 cm³/mol. The molecule has 0 fully saturated rings. The second kappa shape index (κ2) is 7.80. The molecule has 5 aromatic rings. The van der Waals surface area contributed by atoms with E-state index in [2.05, 4.69) is 30.2 Å². The number of hydrogen-bond acceptors (Lipinski definition) is 5. The number of H-pyrrole nitrogens is 1. The highest BCUT2D eigenvalue weighted by atomic mass is 19.4. The fraction of sp³-hybridized carbons (Fsp3) is 0.130. The number of aromatic amines is 1. The van der Waals surface area contributed by atoms with Gasteiger partial charge in [0.15, 0.2) is 11.5 Å². The number of aromatic nitrogens is 5. The Labute approximate surface area is 184 Å². The average molecular weight is 452 g/mol. The zero-order chi connectivity index (χ0) is 23.2. The Morgan fingerprint density at radius 3 is 2.55 bits per heavy atom. The van der Waals surface area contributed by atoms with E-state index in [-0.39, 0.29) is 11.6 Å². The fourth-order valence-corrected chi connectivity index (χ4v) is 3.71. The van der Waals surface area contributed by atoms with Gasteiger partial charge >= 0.3 is 6.18 Å². The van der Waals surface area contributed by atoms with Crippen molar-refractivity contribution < 1.29 is 17.6 Å². The molecule has 0 amide bonds. The van der Waals surface area contributed by atoms with E-state index < -0.39 is 17.6 Å². The van der Waals surface area contributed by atoms with Crippen molar-refractivity contribution in [2.24, 2.45) is 0 Å². The summed E-state index contributed by atoms with van der Waals surface area (Å²) < 4.78 is 53.6. The van der Waals surface area contributed by atoms with Gasteiger partial charge in [-0.3, -0.25) is 0 Å². The van der Waals surface area contributed by atoms with Crippen LogP contribution in [-0.4, -0.2) is 24.9 Å². The van der Waals surface area contributed by atoms with Crippen molar-refractivity contribution in [1.82, 2.24) is 24.9 Å². The average Bonchev–Trinajstić information content (AvgIpc) is 3.28. The summed E-state index contributed by atoms with van der Waals surface area (Å²) in [5.74, 6) is -0.00880. The summed E-state index contributed by atoms with van der Waals surface area (Å²) >= 11 is 0. The number of fused-ring (bicyclic) bond motifs is 2. The molecule has 0 spiro atoms. The number of imidazole rings is 1. The van der Waals surface area contributed by atoms with Crippen molar-refractivity contribution in [1.29, 1.82) is 0 Å². The normalized spacial score (nSPS) is 12.9. The van der Waals surface area contributed by atoms with Crippen LogP contribution in [0.3, 0.4) is 0 Å². The summed E-state index contributed by atoms with van der Waals surface area (Å²) in [4.78, 5) is 19.9. The van der Waals surface area contributed by atoms with E-state index in [0.29, 0.717) is 39.2 Å². The molecule has 0 aliphatic rings. The highest BCUT2D eigenvalue weighted by Gasteiger charge is 2.30. The molecule has 0 saturated carbocycles. The Morgan fingerprint density at radius 2 is 1.79 bits per heavy atom. The molecule has 0 aliphatic carbocycles. The molecular weight excluding hydrogens is 436 g/mol. The molecule has 166 valence electrons. The summed E-state index contributed by atoms with van der Waals surface area (Å²) in [6.45, 7) is 1.86. The van der Waals surface area contributed by atoms with Gasteiger partial charge in [0, 0.05) is 16.5 Å². The van der Waals surface area contributed by atoms with Gasteiger partial charge in [-0.15, -0.1) is 0 Å². The minimum atomic E-state index is -4.46. The van der Waals surface area contributed by atoms with Gasteiger partial charge in [0.25, 0.3) is 0 Å². The lowest BCUT2D eigenvalue weighted by atomic mass is 9.97. The first kappa shape index (κ1) is 20.8. The molecule has 2 N–H and O–H groups in total. The summed E-state index contributed by atoms with van der Waals surface area (Å²) in [6.07, 6.45) is -1.58. The van der Waals surface area contributed by atoms with Crippen LogP contribution < -0.4 is 5.32 Å². The number of halogens is 4. The van der Waals surface area contributed by atoms with Gasteiger partial charge in [0.1, 0.15) is 23.2 Å². The highest BCUT2D eigenvalue weighted by Crippen LogP contribution is 2.35. The number of nitrogens with zero attached hydrogens (tertiary/aromatic N) is 4. The van der Waals surface area contributed by atoms with Gasteiger partial charge < -0.3 is 10.3 Å². The number of para-hydroxylation sites is 1. The van der Waals surface area contributed by atoms with Crippen LogP contribution in [-0.2, 0) is 6.18 Å². The molecule has 6 nitrogen and oxygen atoms in total. The van der Waals surface area contributed by atoms with Gasteiger partial charge in [-0.25, -0.2) is 24.3 Å². The number of hydrogen-bond donors (Lipinski definition) is 2. The Kier molecular flexibility index (Phi) is 4.92. The summed E-state index contributed by atoms with van der Waals surface area (Å²) in [7, 11) is 0. The van der Waals surface area contributed by atoms with E-state index in [1.807, 2.05) is 6.92 Å². The summed E-state index contributed by atoms with van der Waals surface area (Å²) in [5.41, 5.74) is 1.94. The smallest absolute Gasteiger partial charge is 0.362 e. The van der Waals surface area contributed by atoms with Crippen molar-refractivity contribution in [3.8, 4) is 11.3 Å². The maximum Gasteiger partial charge on any atom is 0.416 e. The minimum absolute atomic E-state index is 0.140. The van der Waals surface area contributed by atoms with Gasteiger partial charge in [-0.05, 0) is 31.2 Å².